The lowest BCUT2D eigenvalue weighted by Gasteiger charge is -2.07. The standard InChI is InChI=1S/C20H23NO3/c1-4-22-17-8-5-15(6-9-17)13-23-18-10-7-16-11-19(14(2)21-3)24-20(16)12-18/h5-12,14,21H,4,13H2,1-3H3. The summed E-state index contributed by atoms with van der Waals surface area (Å²) in [6, 6.07) is 16.1. The van der Waals surface area contributed by atoms with E-state index in [1.54, 1.807) is 0 Å². The second kappa shape index (κ2) is 7.41. The van der Waals surface area contributed by atoms with Crippen LogP contribution in [0, 0.1) is 0 Å². The van der Waals surface area contributed by atoms with E-state index in [0.717, 1.165) is 33.8 Å². The number of rotatable bonds is 7. The summed E-state index contributed by atoms with van der Waals surface area (Å²) in [5.74, 6) is 2.61. The van der Waals surface area contributed by atoms with Gasteiger partial charge < -0.3 is 19.2 Å². The summed E-state index contributed by atoms with van der Waals surface area (Å²) >= 11 is 0. The van der Waals surface area contributed by atoms with E-state index in [1.165, 1.54) is 0 Å². The quantitative estimate of drug-likeness (QED) is 0.684. The normalized spacial score (nSPS) is 12.3. The van der Waals surface area contributed by atoms with E-state index in [9.17, 15) is 0 Å². The maximum Gasteiger partial charge on any atom is 0.138 e. The van der Waals surface area contributed by atoms with Gasteiger partial charge in [0.15, 0.2) is 0 Å². The first-order chi connectivity index (χ1) is 11.7. The fourth-order valence-corrected chi connectivity index (χ4v) is 2.49. The molecule has 2 aromatic carbocycles. The SMILES string of the molecule is CCOc1ccc(COc2ccc3cc(C(C)NC)oc3c2)cc1. The van der Waals surface area contributed by atoms with E-state index in [2.05, 4.69) is 18.3 Å². The lowest BCUT2D eigenvalue weighted by molar-refractivity contribution is 0.305. The minimum Gasteiger partial charge on any atom is -0.494 e. The van der Waals surface area contributed by atoms with Gasteiger partial charge in [-0.1, -0.05) is 12.1 Å². The Labute approximate surface area is 142 Å². The Morgan fingerprint density at radius 2 is 1.75 bits per heavy atom. The number of nitrogens with one attached hydrogen (secondary N) is 1. The summed E-state index contributed by atoms with van der Waals surface area (Å²) in [5, 5.41) is 4.27. The van der Waals surface area contributed by atoms with Crippen molar-refractivity contribution in [3.8, 4) is 11.5 Å². The zero-order chi connectivity index (χ0) is 16.9. The molecule has 1 unspecified atom stereocenters. The molecular weight excluding hydrogens is 302 g/mol. The lowest BCUT2D eigenvalue weighted by Crippen LogP contribution is -2.10. The van der Waals surface area contributed by atoms with Gasteiger partial charge in [0.05, 0.1) is 12.6 Å². The fourth-order valence-electron chi connectivity index (χ4n) is 2.49. The van der Waals surface area contributed by atoms with Crippen molar-refractivity contribution in [3.63, 3.8) is 0 Å². The highest BCUT2D eigenvalue weighted by atomic mass is 16.5. The zero-order valence-electron chi connectivity index (χ0n) is 14.3. The maximum atomic E-state index is 5.90. The summed E-state index contributed by atoms with van der Waals surface area (Å²) in [5.41, 5.74) is 1.94. The molecule has 4 nitrogen and oxygen atoms in total. The second-order valence-corrected chi connectivity index (χ2v) is 5.72. The predicted octanol–water partition coefficient (Wildman–Crippen LogP) is 4.69. The monoisotopic (exact) mass is 325 g/mol. The zero-order valence-corrected chi connectivity index (χ0v) is 14.3. The van der Waals surface area contributed by atoms with Crippen molar-refractivity contribution in [2.45, 2.75) is 26.5 Å². The molecule has 0 aliphatic carbocycles. The third kappa shape index (κ3) is 3.71. The van der Waals surface area contributed by atoms with Gasteiger partial charge in [-0.05, 0) is 56.8 Å². The Kier molecular flexibility index (Phi) is 5.06. The Morgan fingerprint density at radius 3 is 2.46 bits per heavy atom. The van der Waals surface area contributed by atoms with E-state index in [0.29, 0.717) is 13.2 Å². The van der Waals surface area contributed by atoms with Crippen molar-refractivity contribution < 1.29 is 13.9 Å². The molecule has 0 saturated carbocycles. The van der Waals surface area contributed by atoms with E-state index < -0.39 is 0 Å². The molecule has 0 bridgehead atoms. The lowest BCUT2D eigenvalue weighted by atomic mass is 10.2. The van der Waals surface area contributed by atoms with E-state index in [-0.39, 0.29) is 6.04 Å². The predicted molar refractivity (Wildman–Crippen MR) is 95.6 cm³/mol. The van der Waals surface area contributed by atoms with E-state index in [4.69, 9.17) is 13.9 Å². The minimum atomic E-state index is 0.186. The van der Waals surface area contributed by atoms with Crippen LogP contribution in [0.2, 0.25) is 0 Å². The summed E-state index contributed by atoms with van der Waals surface area (Å²) in [6.07, 6.45) is 0. The molecule has 0 aliphatic rings. The number of hydrogen-bond donors (Lipinski definition) is 1. The molecule has 0 amide bonds. The van der Waals surface area contributed by atoms with Crippen LogP contribution >= 0.6 is 0 Å². The van der Waals surface area contributed by atoms with Crippen LogP contribution in [-0.2, 0) is 6.61 Å². The first-order valence-electron chi connectivity index (χ1n) is 8.25. The molecule has 4 heteroatoms. The van der Waals surface area contributed by atoms with Crippen LogP contribution in [0.3, 0.4) is 0 Å². The van der Waals surface area contributed by atoms with E-state index in [1.807, 2.05) is 56.4 Å². The van der Waals surface area contributed by atoms with Gasteiger partial charge in [-0.15, -0.1) is 0 Å². The molecule has 0 radical (unpaired) electrons. The molecule has 1 aromatic heterocycles. The molecule has 126 valence electrons. The Balaban J connectivity index is 1.68. The minimum absolute atomic E-state index is 0.186. The van der Waals surface area contributed by atoms with Gasteiger partial charge in [0.2, 0.25) is 0 Å². The van der Waals surface area contributed by atoms with Gasteiger partial charge in [-0.3, -0.25) is 0 Å². The smallest absolute Gasteiger partial charge is 0.138 e. The molecule has 0 aliphatic heterocycles. The molecule has 3 aromatic rings. The molecule has 0 fully saturated rings. The van der Waals surface area contributed by atoms with Gasteiger partial charge in [-0.2, -0.15) is 0 Å². The van der Waals surface area contributed by atoms with Crippen LogP contribution in [0.25, 0.3) is 11.0 Å². The Hall–Kier alpha value is -2.46. The van der Waals surface area contributed by atoms with Crippen molar-refractivity contribution in [1.29, 1.82) is 0 Å². The van der Waals surface area contributed by atoms with Crippen LogP contribution in [0.5, 0.6) is 11.5 Å². The summed E-state index contributed by atoms with van der Waals surface area (Å²) < 4.78 is 17.2. The van der Waals surface area contributed by atoms with Crippen LogP contribution < -0.4 is 14.8 Å². The first kappa shape index (κ1) is 16.4. The summed E-state index contributed by atoms with van der Waals surface area (Å²) in [4.78, 5) is 0. The highest BCUT2D eigenvalue weighted by Crippen LogP contribution is 2.27. The third-order valence-electron chi connectivity index (χ3n) is 4.01. The number of furan rings is 1. The topological polar surface area (TPSA) is 43.6 Å². The Bertz CT molecular complexity index is 792. The van der Waals surface area contributed by atoms with Crippen LogP contribution in [0.4, 0.5) is 0 Å². The molecule has 1 N–H and O–H groups in total. The highest BCUT2D eigenvalue weighted by molar-refractivity contribution is 5.79. The number of benzene rings is 2. The maximum absolute atomic E-state index is 5.90. The Morgan fingerprint density at radius 1 is 1.00 bits per heavy atom. The van der Waals surface area contributed by atoms with Gasteiger partial charge >= 0.3 is 0 Å². The number of fused-ring (bicyclic) bond motifs is 1. The summed E-state index contributed by atoms with van der Waals surface area (Å²) in [7, 11) is 1.92. The second-order valence-electron chi connectivity index (χ2n) is 5.72. The van der Waals surface area contributed by atoms with Crippen molar-refractivity contribution in [2.24, 2.45) is 0 Å². The largest absolute Gasteiger partial charge is 0.494 e. The van der Waals surface area contributed by atoms with E-state index >= 15 is 0 Å². The van der Waals surface area contributed by atoms with Gasteiger partial charge in [0.1, 0.15) is 29.4 Å². The van der Waals surface area contributed by atoms with Crippen molar-refractivity contribution >= 4 is 11.0 Å². The van der Waals surface area contributed by atoms with Crippen molar-refractivity contribution in [2.75, 3.05) is 13.7 Å². The van der Waals surface area contributed by atoms with Gasteiger partial charge in [0.25, 0.3) is 0 Å². The van der Waals surface area contributed by atoms with Crippen LogP contribution in [0.15, 0.2) is 52.9 Å². The average molecular weight is 325 g/mol. The first-order valence-corrected chi connectivity index (χ1v) is 8.25. The molecule has 24 heavy (non-hydrogen) atoms. The van der Waals surface area contributed by atoms with Crippen molar-refractivity contribution in [1.82, 2.24) is 5.32 Å². The molecule has 1 atom stereocenters. The average Bonchev–Trinajstić information content (AvgIpc) is 3.04. The highest BCUT2D eigenvalue weighted by Gasteiger charge is 2.10. The molecule has 3 rings (SSSR count). The number of ether oxygens (including phenoxy) is 2. The molecule has 0 spiro atoms. The van der Waals surface area contributed by atoms with Gasteiger partial charge in [-0.25, -0.2) is 0 Å². The van der Waals surface area contributed by atoms with Gasteiger partial charge in [0, 0.05) is 11.5 Å². The van der Waals surface area contributed by atoms with Crippen LogP contribution in [0.1, 0.15) is 31.2 Å². The number of hydrogen-bond acceptors (Lipinski definition) is 4. The molecule has 0 saturated heterocycles. The fraction of sp³-hybridized carbons (Fsp3) is 0.300. The van der Waals surface area contributed by atoms with Crippen LogP contribution in [-0.4, -0.2) is 13.7 Å². The molecular formula is C20H23NO3. The third-order valence-corrected chi connectivity index (χ3v) is 4.01. The molecule has 1 heterocycles. The summed E-state index contributed by atoms with van der Waals surface area (Å²) in [6.45, 7) is 5.23. The van der Waals surface area contributed by atoms with Crippen molar-refractivity contribution in [3.05, 3.63) is 59.9 Å².